The van der Waals surface area contributed by atoms with E-state index in [1.165, 1.54) is 20.3 Å². The summed E-state index contributed by atoms with van der Waals surface area (Å²) < 4.78 is 10.8. The molecule has 10 heteroatoms. The highest BCUT2D eigenvalue weighted by molar-refractivity contribution is 6.41. The molecular formula is C27H29Cl2N5O3. The van der Waals surface area contributed by atoms with Gasteiger partial charge in [0.1, 0.15) is 11.5 Å². The second-order valence-electron chi connectivity index (χ2n) is 8.79. The Kier molecular flexibility index (Phi) is 8.10. The number of rotatable bonds is 8. The number of benzene rings is 2. The number of aromatic nitrogens is 2. The fourth-order valence-electron chi connectivity index (χ4n) is 4.42. The summed E-state index contributed by atoms with van der Waals surface area (Å²) in [5.41, 5.74) is 3.09. The first-order valence-electron chi connectivity index (χ1n) is 11.7. The summed E-state index contributed by atoms with van der Waals surface area (Å²) in [7, 11) is 3.08. The van der Waals surface area contributed by atoms with Gasteiger partial charge in [0.2, 0.25) is 11.9 Å². The van der Waals surface area contributed by atoms with Gasteiger partial charge in [-0.1, -0.05) is 42.4 Å². The van der Waals surface area contributed by atoms with Gasteiger partial charge in [0, 0.05) is 42.0 Å². The number of carbonyl (C=O) groups excluding carboxylic acids is 1. The van der Waals surface area contributed by atoms with Crippen LogP contribution < -0.4 is 20.1 Å². The molecule has 4 rings (SSSR count). The Hall–Kier alpha value is -3.49. The molecule has 0 saturated carbocycles. The largest absolute Gasteiger partial charge is 0.495 e. The number of ether oxygens (including phenoxy) is 2. The van der Waals surface area contributed by atoms with Crippen molar-refractivity contribution in [1.82, 2.24) is 20.2 Å². The zero-order chi connectivity index (χ0) is 26.7. The minimum atomic E-state index is -0.209. The van der Waals surface area contributed by atoms with Crippen LogP contribution in [0.25, 0.3) is 22.0 Å². The molecule has 0 radical (unpaired) electrons. The lowest BCUT2D eigenvalue weighted by Crippen LogP contribution is -2.56. The molecule has 1 saturated heterocycles. The SMILES string of the molecule is C=CC(=O)N[C@@H]1CCN(C(=C)C)C[C@@H]1Nc1ncc2cc(-c3c(Cl)c(OC)cc(OC)c3Cl)ccc2n1. The van der Waals surface area contributed by atoms with Crippen LogP contribution in [0.5, 0.6) is 11.5 Å². The lowest BCUT2D eigenvalue weighted by Gasteiger charge is -2.40. The molecule has 194 valence electrons. The summed E-state index contributed by atoms with van der Waals surface area (Å²) in [4.78, 5) is 23.4. The maximum Gasteiger partial charge on any atom is 0.243 e. The van der Waals surface area contributed by atoms with Gasteiger partial charge < -0.3 is 25.0 Å². The van der Waals surface area contributed by atoms with Gasteiger partial charge in [-0.25, -0.2) is 9.97 Å². The van der Waals surface area contributed by atoms with Crippen LogP contribution in [0.1, 0.15) is 13.3 Å². The highest BCUT2D eigenvalue weighted by Crippen LogP contribution is 2.46. The second kappa shape index (κ2) is 11.3. The number of hydrogen-bond acceptors (Lipinski definition) is 7. The average molecular weight is 542 g/mol. The van der Waals surface area contributed by atoms with Gasteiger partial charge in [-0.15, -0.1) is 0 Å². The molecule has 0 aliphatic carbocycles. The van der Waals surface area contributed by atoms with E-state index < -0.39 is 0 Å². The standard InChI is InChI=1S/C27H29Cl2N5O3/c1-6-23(35)31-19-9-10-34(15(2)3)14-20(19)33-27-30-13-17-11-16(7-8-18(17)32-27)24-25(28)21(36-4)12-22(37-5)26(24)29/h6-8,11-13,19-20H,1-2,9-10,14H2,3-5H3,(H,31,35)(H,30,32,33)/t19-,20+/m1/s1. The number of piperidine rings is 1. The number of amides is 1. The number of anilines is 1. The number of nitrogens with one attached hydrogen (secondary N) is 2. The molecule has 0 unspecified atom stereocenters. The Bertz CT molecular complexity index is 1340. The Morgan fingerprint density at radius 3 is 2.49 bits per heavy atom. The molecule has 1 amide bonds. The van der Waals surface area contributed by atoms with E-state index in [0.717, 1.165) is 35.1 Å². The number of nitrogens with zero attached hydrogens (tertiary/aromatic N) is 3. The minimum Gasteiger partial charge on any atom is -0.495 e. The first-order valence-corrected chi connectivity index (χ1v) is 12.5. The Morgan fingerprint density at radius 1 is 1.16 bits per heavy atom. The molecule has 2 heterocycles. The second-order valence-corrected chi connectivity index (χ2v) is 9.55. The van der Waals surface area contributed by atoms with Crippen molar-refractivity contribution in [2.45, 2.75) is 25.4 Å². The van der Waals surface area contributed by atoms with Gasteiger partial charge in [-0.3, -0.25) is 4.79 Å². The maximum absolute atomic E-state index is 12.0. The molecule has 0 spiro atoms. The van der Waals surface area contributed by atoms with Gasteiger partial charge in [0.15, 0.2) is 0 Å². The van der Waals surface area contributed by atoms with E-state index in [9.17, 15) is 4.79 Å². The van der Waals surface area contributed by atoms with E-state index in [2.05, 4.69) is 33.7 Å². The van der Waals surface area contributed by atoms with Gasteiger partial charge in [-0.05, 0) is 37.1 Å². The summed E-state index contributed by atoms with van der Waals surface area (Å²) in [6.07, 6.45) is 3.78. The Morgan fingerprint density at radius 2 is 1.86 bits per heavy atom. The van der Waals surface area contributed by atoms with Crippen LogP contribution in [0.4, 0.5) is 5.95 Å². The highest BCUT2D eigenvalue weighted by Gasteiger charge is 2.30. The minimum absolute atomic E-state index is 0.102. The lowest BCUT2D eigenvalue weighted by molar-refractivity contribution is -0.117. The van der Waals surface area contributed by atoms with Crippen molar-refractivity contribution in [3.63, 3.8) is 0 Å². The molecule has 8 nitrogen and oxygen atoms in total. The van der Waals surface area contributed by atoms with E-state index in [0.29, 0.717) is 39.6 Å². The fraction of sp³-hybridized carbons (Fsp3) is 0.296. The van der Waals surface area contributed by atoms with E-state index >= 15 is 0 Å². The third-order valence-corrected chi connectivity index (χ3v) is 7.17. The summed E-state index contributed by atoms with van der Waals surface area (Å²) in [6.45, 7) is 11.1. The first kappa shape index (κ1) is 26.6. The molecule has 2 atom stereocenters. The van der Waals surface area contributed by atoms with Crippen LogP contribution in [0.2, 0.25) is 10.0 Å². The predicted molar refractivity (Wildman–Crippen MR) is 149 cm³/mol. The third-order valence-electron chi connectivity index (χ3n) is 6.42. The van der Waals surface area contributed by atoms with Crippen molar-refractivity contribution in [3.8, 4) is 22.6 Å². The summed E-state index contributed by atoms with van der Waals surface area (Å²) in [5.74, 6) is 1.18. The van der Waals surface area contributed by atoms with Gasteiger partial charge in [-0.2, -0.15) is 0 Å². The van der Waals surface area contributed by atoms with Crippen molar-refractivity contribution in [2.75, 3.05) is 32.6 Å². The zero-order valence-electron chi connectivity index (χ0n) is 21.0. The topological polar surface area (TPSA) is 88.6 Å². The number of hydrogen-bond donors (Lipinski definition) is 2. The molecule has 2 N–H and O–H groups in total. The lowest BCUT2D eigenvalue weighted by atomic mass is 9.98. The van der Waals surface area contributed by atoms with Crippen LogP contribution >= 0.6 is 23.2 Å². The molecule has 1 fully saturated rings. The van der Waals surface area contributed by atoms with Crippen molar-refractivity contribution in [1.29, 1.82) is 0 Å². The molecule has 3 aromatic rings. The van der Waals surface area contributed by atoms with E-state index in [-0.39, 0.29) is 18.0 Å². The van der Waals surface area contributed by atoms with Gasteiger partial charge in [0.05, 0.1) is 41.9 Å². The predicted octanol–water partition coefficient (Wildman–Crippen LogP) is 5.31. The average Bonchev–Trinajstić information content (AvgIpc) is 2.89. The van der Waals surface area contributed by atoms with Crippen LogP contribution in [0.3, 0.4) is 0 Å². The number of carbonyl (C=O) groups is 1. The molecule has 37 heavy (non-hydrogen) atoms. The van der Waals surface area contributed by atoms with Gasteiger partial charge >= 0.3 is 0 Å². The molecule has 0 bridgehead atoms. The number of allylic oxidation sites excluding steroid dienone is 1. The van der Waals surface area contributed by atoms with Crippen LogP contribution in [-0.4, -0.2) is 60.2 Å². The maximum atomic E-state index is 12.0. The quantitative estimate of drug-likeness (QED) is 0.373. The normalized spacial score (nSPS) is 17.3. The number of likely N-dealkylation sites (tertiary alicyclic amines) is 1. The van der Waals surface area contributed by atoms with E-state index in [1.54, 1.807) is 12.3 Å². The van der Waals surface area contributed by atoms with E-state index in [1.807, 2.05) is 25.1 Å². The molecule has 1 aromatic heterocycles. The van der Waals surface area contributed by atoms with Crippen molar-refractivity contribution in [3.05, 3.63) is 65.4 Å². The Labute approximate surface area is 226 Å². The molecule has 2 aromatic carbocycles. The van der Waals surface area contributed by atoms with Crippen molar-refractivity contribution < 1.29 is 14.3 Å². The van der Waals surface area contributed by atoms with Crippen molar-refractivity contribution in [2.24, 2.45) is 0 Å². The third kappa shape index (κ3) is 5.60. The number of methoxy groups -OCH3 is 2. The van der Waals surface area contributed by atoms with Crippen LogP contribution in [-0.2, 0) is 4.79 Å². The molecule has 1 aliphatic rings. The highest BCUT2D eigenvalue weighted by atomic mass is 35.5. The summed E-state index contributed by atoms with van der Waals surface area (Å²) in [5, 5.41) is 8.00. The summed E-state index contributed by atoms with van der Waals surface area (Å²) in [6, 6.07) is 7.13. The van der Waals surface area contributed by atoms with Gasteiger partial charge in [0.25, 0.3) is 0 Å². The van der Waals surface area contributed by atoms with E-state index in [4.69, 9.17) is 37.7 Å². The molecule has 1 aliphatic heterocycles. The van der Waals surface area contributed by atoms with Crippen LogP contribution in [0, 0.1) is 0 Å². The monoisotopic (exact) mass is 541 g/mol. The summed E-state index contributed by atoms with van der Waals surface area (Å²) >= 11 is 13.2. The number of fused-ring (bicyclic) bond motifs is 1. The Balaban J connectivity index is 1.64. The smallest absolute Gasteiger partial charge is 0.243 e. The fourth-order valence-corrected chi connectivity index (χ4v) is 5.14. The zero-order valence-corrected chi connectivity index (χ0v) is 22.5. The first-order chi connectivity index (χ1) is 17.7. The van der Waals surface area contributed by atoms with Crippen molar-refractivity contribution >= 4 is 46.0 Å². The molecular weight excluding hydrogens is 513 g/mol. The number of halogens is 2. The van der Waals surface area contributed by atoms with Crippen LogP contribution in [0.15, 0.2) is 55.4 Å².